The van der Waals surface area contributed by atoms with Crippen LogP contribution in [0.4, 0.5) is 5.82 Å². The Labute approximate surface area is 280 Å². The number of hydrogen-bond donors (Lipinski definition) is 6. The van der Waals surface area contributed by atoms with Crippen LogP contribution in [-0.2, 0) is 18.6 Å². The van der Waals surface area contributed by atoms with Gasteiger partial charge in [-0.05, 0) is 31.9 Å². The summed E-state index contributed by atoms with van der Waals surface area (Å²) < 4.78 is 36.8. The zero-order chi connectivity index (χ0) is 35.6. The number of nitrogens with zero attached hydrogens (tertiary/aromatic N) is 10. The first-order chi connectivity index (χ1) is 23.4. The molecule has 6 N–H and O–H groups in total. The fourth-order valence-corrected chi connectivity index (χ4v) is 5.48. The monoisotopic (exact) mass is 726 g/mol. The van der Waals surface area contributed by atoms with E-state index in [1.165, 1.54) is 12.7 Å². The molecule has 0 fully saturated rings. The van der Waals surface area contributed by atoms with E-state index in [0.29, 0.717) is 46.8 Å². The maximum atomic E-state index is 10.8. The van der Waals surface area contributed by atoms with Gasteiger partial charge in [-0.2, -0.15) is 0 Å². The Morgan fingerprint density at radius 2 is 1.24 bits per heavy atom. The van der Waals surface area contributed by atoms with Gasteiger partial charge < -0.3 is 57.9 Å². The summed E-state index contributed by atoms with van der Waals surface area (Å²) in [6, 6.07) is 3.01. The Bertz CT molecular complexity index is 1860. The predicted molar refractivity (Wildman–Crippen MR) is 176 cm³/mol. The molecule has 0 aliphatic rings. The van der Waals surface area contributed by atoms with E-state index >= 15 is 0 Å². The van der Waals surface area contributed by atoms with Gasteiger partial charge in [-0.15, -0.1) is 0 Å². The molecule has 5 rings (SSSR count). The largest absolute Gasteiger partial charge is 0.394 e. The normalized spacial score (nSPS) is 13.4. The number of aromatic nitrogens is 9. The van der Waals surface area contributed by atoms with Gasteiger partial charge in [0.15, 0.2) is 34.0 Å². The van der Waals surface area contributed by atoms with Gasteiger partial charge >= 0.3 is 15.2 Å². The van der Waals surface area contributed by atoms with Gasteiger partial charge in [0.2, 0.25) is 0 Å². The minimum Gasteiger partial charge on any atom is -0.394 e. The van der Waals surface area contributed by atoms with Crippen LogP contribution in [0, 0.1) is 0 Å². The molecule has 0 aliphatic heterocycles. The summed E-state index contributed by atoms with van der Waals surface area (Å²) in [4.78, 5) is 62.7. The van der Waals surface area contributed by atoms with E-state index in [9.17, 15) is 19.3 Å². The SMILES string of the molecule is CCN(C)c1ncnc2c1ncn2C(CO)CCOCP(=O)(O)O.O=P(O)(O)COCCC(CO)n1cnc2c(-n3cccc3)ncnc21. The molecule has 268 valence electrons. The summed E-state index contributed by atoms with van der Waals surface area (Å²) in [6.45, 7) is 2.59. The van der Waals surface area contributed by atoms with E-state index in [4.69, 9.17) is 29.0 Å². The molecule has 5 aromatic heterocycles. The van der Waals surface area contributed by atoms with Crippen molar-refractivity contribution < 1.29 is 48.4 Å². The van der Waals surface area contributed by atoms with E-state index in [-0.39, 0.29) is 38.5 Å². The Morgan fingerprint density at radius 3 is 1.73 bits per heavy atom. The third kappa shape index (κ3) is 10.4. The quantitative estimate of drug-likeness (QED) is 0.0577. The summed E-state index contributed by atoms with van der Waals surface area (Å²) in [5.74, 6) is 1.33. The maximum absolute atomic E-state index is 10.8. The average molecular weight is 727 g/mol. The highest BCUT2D eigenvalue weighted by Crippen LogP contribution is 2.35. The first-order valence-electron chi connectivity index (χ1n) is 15.0. The van der Waals surface area contributed by atoms with Gasteiger partial charge in [0, 0.05) is 39.2 Å². The first kappa shape index (κ1) is 38.1. The van der Waals surface area contributed by atoms with Crippen LogP contribution in [0.1, 0.15) is 31.8 Å². The number of ether oxygens (including phenoxy) is 2. The molecular weight excluding hydrogens is 686 g/mol. The zero-order valence-corrected chi connectivity index (χ0v) is 28.6. The molecule has 0 amide bonds. The van der Waals surface area contributed by atoms with Gasteiger partial charge in [-0.3, -0.25) is 9.13 Å². The molecule has 2 unspecified atom stereocenters. The molecule has 5 heterocycles. The van der Waals surface area contributed by atoms with Crippen molar-refractivity contribution in [3.63, 3.8) is 0 Å². The Kier molecular flexibility index (Phi) is 13.5. The van der Waals surface area contributed by atoms with E-state index in [2.05, 4.69) is 29.9 Å². The minimum absolute atomic E-state index is 0.0888. The van der Waals surface area contributed by atoms with E-state index in [1.54, 1.807) is 21.8 Å². The Hall–Kier alpha value is -3.68. The molecular formula is C27H40N10O10P2. The molecule has 49 heavy (non-hydrogen) atoms. The summed E-state index contributed by atoms with van der Waals surface area (Å²) in [7, 11) is -6.48. The molecule has 0 saturated heterocycles. The highest BCUT2D eigenvalue weighted by atomic mass is 31.2. The van der Waals surface area contributed by atoms with E-state index in [1.807, 2.05) is 48.0 Å². The molecule has 0 radical (unpaired) electrons. The second-order valence-electron chi connectivity index (χ2n) is 10.8. The Morgan fingerprint density at radius 1 is 0.755 bits per heavy atom. The van der Waals surface area contributed by atoms with Crippen molar-refractivity contribution in [2.45, 2.75) is 31.8 Å². The molecule has 0 saturated carbocycles. The number of hydrogen-bond acceptors (Lipinski definition) is 13. The van der Waals surface area contributed by atoms with Crippen LogP contribution in [0.5, 0.6) is 0 Å². The summed E-state index contributed by atoms with van der Waals surface area (Å²) in [6.07, 6.45) is 9.15. The number of anilines is 1. The second-order valence-corrected chi connectivity index (χ2v) is 14.0. The fraction of sp³-hybridized carbons (Fsp3) is 0.481. The number of imidazole rings is 2. The van der Waals surface area contributed by atoms with Crippen molar-refractivity contribution in [3.8, 4) is 5.82 Å². The highest BCUT2D eigenvalue weighted by Gasteiger charge is 2.20. The lowest BCUT2D eigenvalue weighted by molar-refractivity contribution is 0.127. The molecule has 0 spiro atoms. The number of aliphatic hydroxyl groups excluding tert-OH is 2. The van der Waals surface area contributed by atoms with Crippen molar-refractivity contribution in [1.29, 1.82) is 0 Å². The van der Waals surface area contributed by atoms with E-state index < -0.39 is 27.9 Å². The summed E-state index contributed by atoms with van der Waals surface area (Å²) in [5, 5.41) is 19.3. The van der Waals surface area contributed by atoms with E-state index in [0.717, 1.165) is 6.54 Å². The van der Waals surface area contributed by atoms with Gasteiger partial charge in [-0.1, -0.05) is 0 Å². The Balaban J connectivity index is 0.000000221. The maximum Gasteiger partial charge on any atom is 0.350 e. The van der Waals surface area contributed by atoms with Crippen molar-refractivity contribution in [2.24, 2.45) is 0 Å². The lowest BCUT2D eigenvalue weighted by atomic mass is 10.2. The number of aliphatic hydroxyl groups is 2. The van der Waals surface area contributed by atoms with Crippen LogP contribution in [0.25, 0.3) is 28.1 Å². The lowest BCUT2D eigenvalue weighted by Crippen LogP contribution is -2.18. The van der Waals surface area contributed by atoms with Crippen LogP contribution in [0.3, 0.4) is 0 Å². The average Bonchev–Trinajstić information content (AvgIpc) is 3.84. The topological polar surface area (TPSA) is 269 Å². The number of rotatable bonds is 17. The zero-order valence-electron chi connectivity index (χ0n) is 26.8. The molecule has 0 aromatic carbocycles. The molecule has 5 aromatic rings. The molecule has 22 heteroatoms. The second kappa shape index (κ2) is 17.3. The molecule has 0 aliphatic carbocycles. The van der Waals surface area contributed by atoms with Gasteiger partial charge in [0.05, 0.1) is 38.0 Å². The number of fused-ring (bicyclic) bond motifs is 2. The van der Waals surface area contributed by atoms with Gasteiger partial charge in [0.25, 0.3) is 0 Å². The summed E-state index contributed by atoms with van der Waals surface area (Å²) >= 11 is 0. The van der Waals surface area contributed by atoms with Crippen molar-refractivity contribution in [1.82, 2.24) is 43.6 Å². The van der Waals surface area contributed by atoms with Crippen molar-refractivity contribution >= 4 is 43.3 Å². The lowest BCUT2D eigenvalue weighted by Gasteiger charge is -2.18. The third-order valence-corrected chi connectivity index (χ3v) is 8.32. The van der Waals surface area contributed by atoms with Crippen molar-refractivity contribution in [2.75, 3.05) is 57.6 Å². The highest BCUT2D eigenvalue weighted by molar-refractivity contribution is 7.51. The van der Waals surface area contributed by atoms with Crippen LogP contribution < -0.4 is 4.90 Å². The van der Waals surface area contributed by atoms with Crippen LogP contribution in [-0.4, -0.2) is 126 Å². The minimum atomic E-state index is -4.20. The first-order valence-corrected chi connectivity index (χ1v) is 18.6. The molecule has 20 nitrogen and oxygen atoms in total. The molecule has 2 atom stereocenters. The van der Waals surface area contributed by atoms with Gasteiger partial charge in [-0.25, -0.2) is 29.9 Å². The van der Waals surface area contributed by atoms with Crippen molar-refractivity contribution in [3.05, 3.63) is 49.8 Å². The smallest absolute Gasteiger partial charge is 0.350 e. The predicted octanol–water partition coefficient (Wildman–Crippen LogP) is 1.05. The van der Waals surface area contributed by atoms with Crippen LogP contribution in [0.2, 0.25) is 0 Å². The standard InChI is InChI=1S/C14H18N5O5P.C13H22N5O5P/c20-7-11(3-6-24-10-25(21,22)23)19-9-17-12-13(15-8-16-14(12)19)18-4-1-2-5-18;1-3-17(2)12-11-13(15-7-14-12)18(8-16-11)10(6-19)4-5-23-9-24(20,21)22/h1-2,4-5,8-9,11,20H,3,6-7,10H2,(H2,21,22,23);7-8,10,19H,3-6,9H2,1-2H3,(H2,20,21,22). The van der Waals surface area contributed by atoms with Crippen LogP contribution in [0.15, 0.2) is 49.8 Å². The van der Waals surface area contributed by atoms with Crippen LogP contribution >= 0.6 is 15.2 Å². The van der Waals surface area contributed by atoms with Gasteiger partial charge in [0.1, 0.15) is 25.4 Å². The summed E-state index contributed by atoms with van der Waals surface area (Å²) in [5.41, 5.74) is 2.38. The third-order valence-electron chi connectivity index (χ3n) is 7.28. The molecule has 0 bridgehead atoms. The fourth-order valence-electron chi connectivity index (χ4n) is 4.75.